The average Bonchev–Trinajstić information content (AvgIpc) is 2.80. The smallest absolute Gasteiger partial charge is 0.324 e. The number of benzene rings is 3. The van der Waals surface area contributed by atoms with Gasteiger partial charge in [-0.1, -0.05) is 54.6 Å². The maximum atomic E-state index is 13.3. The van der Waals surface area contributed by atoms with Crippen LogP contribution in [0.4, 0.5) is 5.69 Å². The van der Waals surface area contributed by atoms with Crippen molar-refractivity contribution < 1.29 is 4.79 Å². The summed E-state index contributed by atoms with van der Waals surface area (Å²) in [6.45, 7) is 3.93. The van der Waals surface area contributed by atoms with E-state index in [-0.39, 0.29) is 24.6 Å². The normalized spacial score (nSPS) is 10.9. The third-order valence-electron chi connectivity index (χ3n) is 5.57. The van der Waals surface area contributed by atoms with E-state index < -0.39 is 5.69 Å². The molecule has 1 amide bonds. The van der Waals surface area contributed by atoms with Gasteiger partial charge in [-0.3, -0.25) is 18.7 Å². The van der Waals surface area contributed by atoms with Gasteiger partial charge in [-0.15, -0.1) is 0 Å². The standard InChI is InChI=1S/C26H25N3O3/c1-18-12-13-19(2)22(16-18)27-24(30)17-29-23-11-7-6-10-21(23)25(31)28(26(29)32)15-14-20-8-4-3-5-9-20/h3-13,16H,14-15,17H2,1-2H3,(H,27,30). The maximum absolute atomic E-state index is 13.3. The van der Waals surface area contributed by atoms with Crippen LogP contribution in [0.3, 0.4) is 0 Å². The third-order valence-corrected chi connectivity index (χ3v) is 5.57. The number of nitrogens with one attached hydrogen (secondary N) is 1. The first-order valence-corrected chi connectivity index (χ1v) is 10.6. The van der Waals surface area contributed by atoms with Crippen LogP contribution in [0.5, 0.6) is 0 Å². The van der Waals surface area contributed by atoms with Crippen LogP contribution in [0.2, 0.25) is 0 Å². The van der Waals surface area contributed by atoms with Gasteiger partial charge in [-0.2, -0.15) is 0 Å². The number of para-hydroxylation sites is 1. The molecule has 162 valence electrons. The van der Waals surface area contributed by atoms with Crippen LogP contribution in [-0.2, 0) is 24.3 Å². The Hall–Kier alpha value is -3.93. The van der Waals surface area contributed by atoms with Crippen LogP contribution in [0.25, 0.3) is 10.9 Å². The highest BCUT2D eigenvalue weighted by Gasteiger charge is 2.16. The Labute approximate surface area is 185 Å². The van der Waals surface area contributed by atoms with Gasteiger partial charge in [-0.05, 0) is 55.2 Å². The minimum absolute atomic E-state index is 0.182. The third kappa shape index (κ3) is 4.39. The first kappa shape index (κ1) is 21.3. The minimum atomic E-state index is -0.485. The Morgan fingerprint density at radius 2 is 1.59 bits per heavy atom. The molecule has 0 saturated carbocycles. The van der Waals surface area contributed by atoms with Crippen molar-refractivity contribution in [2.24, 2.45) is 0 Å². The van der Waals surface area contributed by atoms with Crippen molar-refractivity contribution >= 4 is 22.5 Å². The Morgan fingerprint density at radius 1 is 0.875 bits per heavy atom. The van der Waals surface area contributed by atoms with E-state index in [0.29, 0.717) is 23.0 Å². The first-order chi connectivity index (χ1) is 15.4. The van der Waals surface area contributed by atoms with Gasteiger partial charge in [0.05, 0.1) is 10.9 Å². The number of aryl methyl sites for hydroxylation is 3. The summed E-state index contributed by atoms with van der Waals surface area (Å²) in [7, 11) is 0. The molecule has 0 spiro atoms. The number of amides is 1. The van der Waals surface area contributed by atoms with E-state index in [4.69, 9.17) is 0 Å². The van der Waals surface area contributed by atoms with Gasteiger partial charge in [0.25, 0.3) is 5.56 Å². The molecule has 0 saturated heterocycles. The Kier molecular flexibility index (Phi) is 6.03. The number of fused-ring (bicyclic) bond motifs is 1. The molecule has 0 unspecified atom stereocenters. The van der Waals surface area contributed by atoms with Crippen molar-refractivity contribution in [2.75, 3.05) is 5.32 Å². The fourth-order valence-corrected chi connectivity index (χ4v) is 3.81. The first-order valence-electron chi connectivity index (χ1n) is 10.6. The minimum Gasteiger partial charge on any atom is -0.324 e. The van der Waals surface area contributed by atoms with Crippen LogP contribution in [0.15, 0.2) is 82.4 Å². The second-order valence-electron chi connectivity index (χ2n) is 7.94. The molecule has 3 aromatic carbocycles. The lowest BCUT2D eigenvalue weighted by Crippen LogP contribution is -2.42. The van der Waals surface area contributed by atoms with E-state index in [0.717, 1.165) is 16.7 Å². The lowest BCUT2D eigenvalue weighted by Gasteiger charge is -2.15. The fourth-order valence-electron chi connectivity index (χ4n) is 3.81. The van der Waals surface area contributed by atoms with E-state index >= 15 is 0 Å². The summed E-state index contributed by atoms with van der Waals surface area (Å²) < 4.78 is 2.60. The molecule has 0 radical (unpaired) electrons. The monoisotopic (exact) mass is 427 g/mol. The molecule has 0 fully saturated rings. The molecule has 0 aliphatic heterocycles. The molecule has 6 nitrogen and oxygen atoms in total. The molecular weight excluding hydrogens is 402 g/mol. The van der Waals surface area contributed by atoms with Gasteiger partial charge in [0.1, 0.15) is 6.54 Å². The van der Waals surface area contributed by atoms with Crippen molar-refractivity contribution in [3.8, 4) is 0 Å². The second-order valence-corrected chi connectivity index (χ2v) is 7.94. The molecular formula is C26H25N3O3. The SMILES string of the molecule is Cc1ccc(C)c(NC(=O)Cn2c(=O)n(CCc3ccccc3)c(=O)c3ccccc32)c1. The van der Waals surface area contributed by atoms with Gasteiger partial charge >= 0.3 is 5.69 Å². The number of carbonyl (C=O) groups excluding carboxylic acids is 1. The summed E-state index contributed by atoms with van der Waals surface area (Å²) in [4.78, 5) is 39.2. The van der Waals surface area contributed by atoms with Crippen molar-refractivity contribution in [3.63, 3.8) is 0 Å². The topological polar surface area (TPSA) is 73.1 Å². The summed E-state index contributed by atoms with van der Waals surface area (Å²) >= 11 is 0. The van der Waals surface area contributed by atoms with E-state index in [9.17, 15) is 14.4 Å². The highest BCUT2D eigenvalue weighted by Crippen LogP contribution is 2.16. The lowest BCUT2D eigenvalue weighted by atomic mass is 10.1. The fraction of sp³-hybridized carbons (Fsp3) is 0.192. The second kappa shape index (κ2) is 9.06. The summed E-state index contributed by atoms with van der Waals surface area (Å²) in [5.74, 6) is -0.320. The quantitative estimate of drug-likeness (QED) is 0.510. The lowest BCUT2D eigenvalue weighted by molar-refractivity contribution is -0.116. The maximum Gasteiger partial charge on any atom is 0.331 e. The van der Waals surface area contributed by atoms with E-state index in [1.807, 2.05) is 62.4 Å². The van der Waals surface area contributed by atoms with Crippen LogP contribution in [-0.4, -0.2) is 15.0 Å². The van der Waals surface area contributed by atoms with Gasteiger partial charge in [-0.25, -0.2) is 4.79 Å². The molecule has 1 N–H and O–H groups in total. The molecule has 0 atom stereocenters. The van der Waals surface area contributed by atoms with Crippen LogP contribution in [0, 0.1) is 13.8 Å². The predicted molar refractivity (Wildman–Crippen MR) is 127 cm³/mol. The van der Waals surface area contributed by atoms with E-state index in [1.54, 1.807) is 24.3 Å². The van der Waals surface area contributed by atoms with Crippen molar-refractivity contribution in [2.45, 2.75) is 33.4 Å². The molecule has 1 heterocycles. The Balaban J connectivity index is 1.70. The average molecular weight is 428 g/mol. The van der Waals surface area contributed by atoms with Gasteiger partial charge < -0.3 is 5.32 Å². The summed E-state index contributed by atoms with van der Waals surface area (Å²) in [5, 5.41) is 3.31. The predicted octanol–water partition coefficient (Wildman–Crippen LogP) is 3.66. The Morgan fingerprint density at radius 3 is 2.38 bits per heavy atom. The number of hydrogen-bond donors (Lipinski definition) is 1. The number of rotatable bonds is 6. The number of hydrogen-bond acceptors (Lipinski definition) is 3. The molecule has 0 aliphatic rings. The van der Waals surface area contributed by atoms with Gasteiger partial charge in [0.15, 0.2) is 0 Å². The number of carbonyl (C=O) groups is 1. The zero-order valence-electron chi connectivity index (χ0n) is 18.2. The molecule has 6 heteroatoms. The number of anilines is 1. The van der Waals surface area contributed by atoms with Crippen LogP contribution >= 0.6 is 0 Å². The molecule has 1 aromatic heterocycles. The van der Waals surface area contributed by atoms with Gasteiger partial charge in [0.2, 0.25) is 5.91 Å². The van der Waals surface area contributed by atoms with E-state index in [1.165, 1.54) is 9.13 Å². The highest BCUT2D eigenvalue weighted by atomic mass is 16.2. The Bertz CT molecular complexity index is 1400. The van der Waals surface area contributed by atoms with Crippen molar-refractivity contribution in [3.05, 3.63) is 110 Å². The molecule has 4 rings (SSSR count). The largest absolute Gasteiger partial charge is 0.331 e. The van der Waals surface area contributed by atoms with Crippen LogP contribution in [0.1, 0.15) is 16.7 Å². The number of aromatic nitrogens is 2. The molecule has 0 aliphatic carbocycles. The summed E-state index contributed by atoms with van der Waals surface area (Å²) in [6, 6.07) is 22.4. The summed E-state index contributed by atoms with van der Waals surface area (Å²) in [5.41, 5.74) is 3.34. The molecule has 0 bridgehead atoms. The zero-order chi connectivity index (χ0) is 22.7. The van der Waals surface area contributed by atoms with Gasteiger partial charge in [0, 0.05) is 12.2 Å². The highest BCUT2D eigenvalue weighted by molar-refractivity contribution is 5.92. The summed E-state index contributed by atoms with van der Waals surface area (Å²) in [6.07, 6.45) is 0.545. The molecule has 4 aromatic rings. The van der Waals surface area contributed by atoms with Crippen molar-refractivity contribution in [1.29, 1.82) is 0 Å². The van der Waals surface area contributed by atoms with E-state index in [2.05, 4.69) is 5.32 Å². The molecule has 32 heavy (non-hydrogen) atoms. The van der Waals surface area contributed by atoms with Crippen LogP contribution < -0.4 is 16.6 Å². The number of nitrogens with zero attached hydrogens (tertiary/aromatic N) is 2. The van der Waals surface area contributed by atoms with Crippen molar-refractivity contribution in [1.82, 2.24) is 9.13 Å². The zero-order valence-corrected chi connectivity index (χ0v) is 18.2.